The van der Waals surface area contributed by atoms with Gasteiger partial charge in [-0.05, 0) is 137 Å². The monoisotopic (exact) mass is 1130 g/mol. The van der Waals surface area contributed by atoms with E-state index >= 15 is 0 Å². The van der Waals surface area contributed by atoms with Crippen molar-refractivity contribution < 1.29 is 0 Å². The molecule has 0 aliphatic rings. The zero-order chi connectivity index (χ0) is 58.9. The van der Waals surface area contributed by atoms with Crippen LogP contribution in [-0.2, 0) is 7.05 Å². The van der Waals surface area contributed by atoms with Gasteiger partial charge >= 0.3 is 0 Å². The number of rotatable bonds is 10. The summed E-state index contributed by atoms with van der Waals surface area (Å²) in [7, 11) is 2.10. The number of aryl methyl sites for hydroxylation is 1. The Kier molecular flexibility index (Phi) is 12.3. The fourth-order valence-corrected chi connectivity index (χ4v) is 13.5. The van der Waals surface area contributed by atoms with Gasteiger partial charge in [0.05, 0.1) is 33.3 Å². The lowest BCUT2D eigenvalue weighted by Gasteiger charge is -2.19. The molecule has 0 bridgehead atoms. The third-order valence-electron chi connectivity index (χ3n) is 17.8. The van der Waals surface area contributed by atoms with E-state index in [0.29, 0.717) is 5.82 Å². The minimum atomic E-state index is 0.683. The van der Waals surface area contributed by atoms with E-state index in [4.69, 9.17) is 19.9 Å². The molecule has 14 aromatic carbocycles. The van der Waals surface area contributed by atoms with Gasteiger partial charge in [-0.25, -0.2) is 19.9 Å². The van der Waals surface area contributed by atoms with Gasteiger partial charge in [0, 0.05) is 45.8 Å². The van der Waals surface area contributed by atoms with Crippen molar-refractivity contribution in [1.82, 2.24) is 29.1 Å². The van der Waals surface area contributed by atoms with Gasteiger partial charge in [0.2, 0.25) is 0 Å². The van der Waals surface area contributed by atoms with Crippen molar-refractivity contribution >= 4 is 65.3 Å². The number of fused-ring (bicyclic) bond motifs is 7. The summed E-state index contributed by atoms with van der Waals surface area (Å²) in [5.41, 5.74) is 22.6. The SMILES string of the molecule is Cn1c(-c2ccccc2)nc2cc(-c3ccc4c(-c5ccccc5)c5ccccc5c(-c5cccc(-c6cccc7c6ccc6c(-c8ccc(-c9ccc(-c%10nc%11ccccc%11n%10-c%10ccccc%10)cc9)cc8)nc(-c8ccccc8)nc67)c5)c4c3)ccc21. The minimum absolute atomic E-state index is 0.683. The van der Waals surface area contributed by atoms with Crippen LogP contribution in [0.4, 0.5) is 0 Å². The molecule has 0 N–H and O–H groups in total. The molecule has 0 amide bonds. The van der Waals surface area contributed by atoms with Gasteiger partial charge in [0.15, 0.2) is 5.82 Å². The van der Waals surface area contributed by atoms with Crippen LogP contribution in [-0.4, -0.2) is 29.1 Å². The second-order valence-corrected chi connectivity index (χ2v) is 22.9. The Balaban J connectivity index is 0.771. The number of hydrogen-bond donors (Lipinski definition) is 0. The van der Waals surface area contributed by atoms with Crippen LogP contribution < -0.4 is 0 Å². The Morgan fingerprint density at radius 3 is 1.51 bits per heavy atom. The molecule has 0 saturated heterocycles. The van der Waals surface area contributed by atoms with Gasteiger partial charge in [-0.1, -0.05) is 255 Å². The molecule has 0 unspecified atom stereocenters. The lowest BCUT2D eigenvalue weighted by Crippen LogP contribution is -1.97. The maximum Gasteiger partial charge on any atom is 0.160 e. The average molecular weight is 1140 g/mol. The van der Waals surface area contributed by atoms with E-state index in [1.165, 1.54) is 38.2 Å². The van der Waals surface area contributed by atoms with Crippen LogP contribution in [0.1, 0.15) is 0 Å². The van der Waals surface area contributed by atoms with Crippen LogP contribution in [0, 0.1) is 0 Å². The minimum Gasteiger partial charge on any atom is -0.327 e. The molecule has 0 saturated carbocycles. The maximum absolute atomic E-state index is 5.44. The molecule has 0 atom stereocenters. The normalized spacial score (nSPS) is 11.7. The van der Waals surface area contributed by atoms with Crippen molar-refractivity contribution in [3.8, 4) is 107 Å². The van der Waals surface area contributed by atoms with E-state index in [1.54, 1.807) is 0 Å². The number of nitrogens with zero attached hydrogens (tertiary/aromatic N) is 6. The van der Waals surface area contributed by atoms with E-state index in [-0.39, 0.29) is 0 Å². The quantitative estimate of drug-likeness (QED) is 0.101. The highest BCUT2D eigenvalue weighted by molar-refractivity contribution is 6.22. The van der Waals surface area contributed by atoms with Gasteiger partial charge in [0.25, 0.3) is 0 Å². The summed E-state index contributed by atoms with van der Waals surface area (Å²) in [6.07, 6.45) is 0. The summed E-state index contributed by atoms with van der Waals surface area (Å²) in [5, 5.41) is 7.98. The Bertz CT molecular complexity index is 5580. The Labute approximate surface area is 514 Å². The first-order chi connectivity index (χ1) is 44.0. The van der Waals surface area contributed by atoms with Crippen molar-refractivity contribution in [2.45, 2.75) is 0 Å². The van der Waals surface area contributed by atoms with E-state index in [9.17, 15) is 0 Å². The van der Waals surface area contributed by atoms with E-state index in [1.807, 2.05) is 24.3 Å². The molecule has 17 rings (SSSR count). The van der Waals surface area contributed by atoms with Gasteiger partial charge in [0.1, 0.15) is 11.6 Å². The predicted octanol–water partition coefficient (Wildman–Crippen LogP) is 21.3. The largest absolute Gasteiger partial charge is 0.327 e. The predicted molar refractivity (Wildman–Crippen MR) is 370 cm³/mol. The number of aromatic nitrogens is 6. The Hall–Kier alpha value is -11.9. The first kappa shape index (κ1) is 51.6. The van der Waals surface area contributed by atoms with E-state index in [0.717, 1.165) is 128 Å². The van der Waals surface area contributed by atoms with Crippen LogP contribution in [0.3, 0.4) is 0 Å². The lowest BCUT2D eigenvalue weighted by atomic mass is 9.84. The van der Waals surface area contributed by atoms with Crippen molar-refractivity contribution in [1.29, 1.82) is 0 Å². The van der Waals surface area contributed by atoms with E-state index < -0.39 is 0 Å². The first-order valence-corrected chi connectivity index (χ1v) is 30.2. The molecule has 416 valence electrons. The van der Waals surface area contributed by atoms with Gasteiger partial charge < -0.3 is 4.57 Å². The zero-order valence-electron chi connectivity index (χ0n) is 48.6. The zero-order valence-corrected chi connectivity index (χ0v) is 48.6. The molecule has 89 heavy (non-hydrogen) atoms. The van der Waals surface area contributed by atoms with Crippen molar-refractivity contribution in [2.24, 2.45) is 7.05 Å². The summed E-state index contributed by atoms with van der Waals surface area (Å²) in [6.45, 7) is 0. The fraction of sp³-hybridized carbons (Fsp3) is 0.0120. The molecule has 0 fully saturated rings. The van der Waals surface area contributed by atoms with Crippen LogP contribution >= 0.6 is 0 Å². The van der Waals surface area contributed by atoms with Crippen molar-refractivity contribution in [2.75, 3.05) is 0 Å². The molecule has 0 radical (unpaired) electrons. The molecular formula is C83H54N6. The molecule has 6 nitrogen and oxygen atoms in total. The number of imidazole rings is 2. The van der Waals surface area contributed by atoms with Gasteiger partial charge in [-0.3, -0.25) is 4.57 Å². The molecule has 3 aromatic heterocycles. The summed E-state index contributed by atoms with van der Waals surface area (Å²) in [6, 6.07) is 111. The molecule has 17 aromatic rings. The molecule has 0 aliphatic carbocycles. The highest BCUT2D eigenvalue weighted by atomic mass is 15.1. The van der Waals surface area contributed by atoms with Crippen LogP contribution in [0.2, 0.25) is 0 Å². The smallest absolute Gasteiger partial charge is 0.160 e. The third kappa shape index (κ3) is 8.88. The first-order valence-electron chi connectivity index (χ1n) is 30.2. The molecule has 0 aliphatic heterocycles. The van der Waals surface area contributed by atoms with Gasteiger partial charge in [-0.15, -0.1) is 0 Å². The second kappa shape index (κ2) is 21.3. The summed E-state index contributed by atoms with van der Waals surface area (Å²) >= 11 is 0. The molecule has 0 spiro atoms. The van der Waals surface area contributed by atoms with Crippen LogP contribution in [0.25, 0.3) is 172 Å². The van der Waals surface area contributed by atoms with Crippen LogP contribution in [0.5, 0.6) is 0 Å². The standard InChI is InChI=1S/C83H54N6/c1-88-75-49-45-61(52-74(75)85-82(88)58-24-10-4-11-25-58)60-44-46-69-72(51-60)78(68-31-15-14-30-67(68)77(69)55-20-6-2-7-21-55)63-27-18-26-62(50-63)65-32-19-33-70-66(65)47-48-71-79(86-81(87-80(70)71)57-22-8-3-9-23-57)56-40-36-53(37-41-56)54-38-42-59(43-39-54)83-84-73-34-16-17-35-76(73)89(83)64-28-12-5-13-29-64/h2-52H,1H3. The Morgan fingerprint density at radius 1 is 0.258 bits per heavy atom. The third-order valence-corrected chi connectivity index (χ3v) is 17.8. The van der Waals surface area contributed by atoms with Crippen LogP contribution in [0.15, 0.2) is 309 Å². The van der Waals surface area contributed by atoms with Crippen molar-refractivity contribution in [3.05, 3.63) is 309 Å². The second-order valence-electron chi connectivity index (χ2n) is 22.9. The highest BCUT2D eigenvalue weighted by Gasteiger charge is 2.22. The molecule has 6 heteroatoms. The summed E-state index contributed by atoms with van der Waals surface area (Å²) in [4.78, 5) is 21.1. The molecule has 3 heterocycles. The van der Waals surface area contributed by atoms with E-state index in [2.05, 4.69) is 301 Å². The van der Waals surface area contributed by atoms with Crippen molar-refractivity contribution in [3.63, 3.8) is 0 Å². The maximum atomic E-state index is 5.44. The van der Waals surface area contributed by atoms with Gasteiger partial charge in [-0.2, -0.15) is 0 Å². The fourth-order valence-electron chi connectivity index (χ4n) is 13.5. The number of para-hydroxylation sites is 3. The number of hydrogen-bond acceptors (Lipinski definition) is 4. The molecular weight excluding hydrogens is 1080 g/mol. The summed E-state index contributed by atoms with van der Waals surface area (Å²) < 4.78 is 4.44. The topological polar surface area (TPSA) is 61.4 Å². The lowest BCUT2D eigenvalue weighted by molar-refractivity contribution is 0.959. The average Bonchev–Trinajstić information content (AvgIpc) is 1.80. The summed E-state index contributed by atoms with van der Waals surface area (Å²) in [5.74, 6) is 2.54. The highest BCUT2D eigenvalue weighted by Crippen LogP contribution is 2.47. The number of benzene rings is 14. The Morgan fingerprint density at radius 2 is 0.764 bits per heavy atom.